The summed E-state index contributed by atoms with van der Waals surface area (Å²) in [5, 5.41) is 4.85. The molecular formula is C90H58B2N6OS. The lowest BCUT2D eigenvalue weighted by atomic mass is 9.31. The Morgan fingerprint density at radius 1 is 0.260 bits per heavy atom. The summed E-state index contributed by atoms with van der Waals surface area (Å²) in [5.74, 6) is 1.75. The molecule has 17 aromatic rings. The van der Waals surface area contributed by atoms with Crippen LogP contribution in [0.1, 0.15) is 0 Å². The zero-order valence-corrected chi connectivity index (χ0v) is 55.0. The molecule has 0 amide bonds. The monoisotopic (exact) mass is 1290 g/mol. The number of rotatable bonds is 10. The number of nitrogens with zero attached hydrogens (tertiary/aromatic N) is 6. The van der Waals surface area contributed by atoms with E-state index in [1.807, 2.05) is 11.8 Å². The van der Waals surface area contributed by atoms with Gasteiger partial charge in [-0.15, -0.1) is 0 Å². The highest BCUT2D eigenvalue weighted by atomic mass is 32.2. The number of benzene rings is 15. The molecule has 2 aromatic heterocycles. The summed E-state index contributed by atoms with van der Waals surface area (Å²) in [6.45, 7) is -0.334. The van der Waals surface area contributed by atoms with Crippen LogP contribution in [0.5, 0.6) is 11.5 Å². The molecule has 6 heterocycles. The van der Waals surface area contributed by atoms with Crippen molar-refractivity contribution in [1.29, 1.82) is 0 Å². The number of fused-ring (bicyclic) bond motifs is 14. The Kier molecular flexibility index (Phi) is 12.7. The molecule has 0 spiro atoms. The highest BCUT2D eigenvalue weighted by molar-refractivity contribution is 8.00. The maximum absolute atomic E-state index is 7.19. The molecule has 7 nitrogen and oxygen atoms in total. The Morgan fingerprint density at radius 2 is 0.710 bits per heavy atom. The van der Waals surface area contributed by atoms with Crippen molar-refractivity contribution in [3.05, 3.63) is 352 Å². The van der Waals surface area contributed by atoms with Crippen LogP contribution in [0.3, 0.4) is 0 Å². The average molecular weight is 1290 g/mol. The van der Waals surface area contributed by atoms with Crippen molar-refractivity contribution in [2.24, 2.45) is 0 Å². The standard InChI is InChI=1S/C90H58B2N6OS/c1-5-29-59(30-6-1)93(60-31-7-2-8-32-60)64-55-86-90-88(56-64)100-87-58-82-71(57-72(87)92(90)70-42-18-28-52-85(70)99-86)91-69-41-17-23-47-77(69)98(81-51-27-26-50-80(81)97-75-45-21-15-39-67(75)68-40-16-22-46-76(68)97)84-54-63(53-83(89(84)91)95(82)62-35-11-4-12-36-62)94(61-33-9-3-10-34-61)78-48-24-25-49-79(78)96-73-43-19-13-37-65(73)66-38-14-20-44-74(66)96/h1-58H. The third-order valence-electron chi connectivity index (χ3n) is 20.9. The first-order chi connectivity index (χ1) is 49.7. The summed E-state index contributed by atoms with van der Waals surface area (Å²) >= 11 is 1.86. The quantitative estimate of drug-likeness (QED) is 0.127. The second-order valence-corrected chi connectivity index (χ2v) is 27.4. The van der Waals surface area contributed by atoms with Gasteiger partial charge in [0, 0.05) is 82.9 Å². The molecule has 0 bridgehead atoms. The van der Waals surface area contributed by atoms with E-state index in [2.05, 4.69) is 381 Å². The van der Waals surface area contributed by atoms with Crippen molar-refractivity contribution < 1.29 is 4.74 Å². The van der Waals surface area contributed by atoms with Gasteiger partial charge in [0.1, 0.15) is 11.5 Å². The Labute approximate surface area is 584 Å². The van der Waals surface area contributed by atoms with E-state index in [-0.39, 0.29) is 13.4 Å². The average Bonchev–Trinajstić information content (AvgIpc) is 0.978. The first-order valence-corrected chi connectivity index (χ1v) is 35.1. The summed E-state index contributed by atoms with van der Waals surface area (Å²) < 4.78 is 12.1. The van der Waals surface area contributed by atoms with Crippen LogP contribution in [0, 0.1) is 0 Å². The second-order valence-electron chi connectivity index (χ2n) is 26.3. The maximum atomic E-state index is 7.19. The van der Waals surface area contributed by atoms with Crippen LogP contribution in [0.2, 0.25) is 0 Å². The fourth-order valence-corrected chi connectivity index (χ4v) is 18.1. The van der Waals surface area contributed by atoms with E-state index < -0.39 is 0 Å². The van der Waals surface area contributed by atoms with E-state index in [4.69, 9.17) is 4.74 Å². The van der Waals surface area contributed by atoms with Crippen LogP contribution in [0.15, 0.2) is 362 Å². The van der Waals surface area contributed by atoms with E-state index in [0.717, 1.165) is 119 Å². The predicted octanol–water partition coefficient (Wildman–Crippen LogP) is 20.0. The van der Waals surface area contributed by atoms with Crippen LogP contribution in [-0.2, 0) is 0 Å². The highest BCUT2D eigenvalue weighted by Crippen LogP contribution is 2.53. The predicted molar refractivity (Wildman–Crippen MR) is 420 cm³/mol. The smallest absolute Gasteiger partial charge is 0.253 e. The summed E-state index contributed by atoms with van der Waals surface area (Å²) in [6, 6.07) is 130. The van der Waals surface area contributed by atoms with Crippen molar-refractivity contribution in [2.45, 2.75) is 9.79 Å². The molecule has 0 radical (unpaired) electrons. The summed E-state index contributed by atoms with van der Waals surface area (Å²) in [6.07, 6.45) is 0. The topological polar surface area (TPSA) is 32.1 Å². The summed E-state index contributed by atoms with van der Waals surface area (Å²) in [5.41, 5.74) is 26.9. The zero-order valence-electron chi connectivity index (χ0n) is 54.1. The van der Waals surface area contributed by atoms with Gasteiger partial charge in [-0.05, 0) is 161 Å². The van der Waals surface area contributed by atoms with Crippen molar-refractivity contribution in [3.63, 3.8) is 0 Å². The Balaban J connectivity index is 0.853. The molecule has 0 N–H and O–H groups in total. The van der Waals surface area contributed by atoms with Gasteiger partial charge in [0.05, 0.1) is 56.2 Å². The molecule has 15 aromatic carbocycles. The Morgan fingerprint density at radius 3 is 1.32 bits per heavy atom. The molecule has 0 unspecified atom stereocenters. The molecule has 100 heavy (non-hydrogen) atoms. The van der Waals surface area contributed by atoms with E-state index >= 15 is 0 Å². The van der Waals surface area contributed by atoms with Gasteiger partial charge in [-0.3, -0.25) is 0 Å². The minimum absolute atomic E-state index is 0.122. The lowest BCUT2D eigenvalue weighted by Crippen LogP contribution is -2.64. The van der Waals surface area contributed by atoms with Crippen molar-refractivity contribution in [2.75, 3.05) is 19.6 Å². The molecule has 10 heteroatoms. The number of hydrogen-bond acceptors (Lipinski definition) is 6. The van der Waals surface area contributed by atoms with E-state index in [0.29, 0.717) is 0 Å². The number of hydrogen-bond donors (Lipinski definition) is 0. The van der Waals surface area contributed by atoms with Crippen molar-refractivity contribution in [3.8, 4) is 22.9 Å². The third kappa shape index (κ3) is 8.50. The molecule has 4 aliphatic rings. The number of aromatic nitrogens is 2. The molecule has 0 atom stereocenters. The fourth-order valence-electron chi connectivity index (χ4n) is 16.9. The highest BCUT2D eigenvalue weighted by Gasteiger charge is 2.48. The van der Waals surface area contributed by atoms with E-state index in [1.165, 1.54) is 58.6 Å². The maximum Gasteiger partial charge on any atom is 0.253 e. The summed E-state index contributed by atoms with van der Waals surface area (Å²) in [4.78, 5) is 12.4. The van der Waals surface area contributed by atoms with Gasteiger partial charge >= 0.3 is 0 Å². The van der Waals surface area contributed by atoms with Crippen LogP contribution < -0.4 is 57.1 Å². The lowest BCUT2D eigenvalue weighted by Gasteiger charge is -2.46. The Bertz CT molecular complexity index is 6030. The third-order valence-corrected chi connectivity index (χ3v) is 22.0. The van der Waals surface area contributed by atoms with Gasteiger partial charge in [0.2, 0.25) is 0 Å². The molecule has 4 aliphatic heterocycles. The van der Waals surface area contributed by atoms with Gasteiger partial charge in [-0.25, -0.2) is 0 Å². The molecule has 0 fully saturated rings. The van der Waals surface area contributed by atoms with Crippen LogP contribution in [-0.4, -0.2) is 22.6 Å². The number of para-hydroxylation sites is 14. The van der Waals surface area contributed by atoms with E-state index in [9.17, 15) is 0 Å². The van der Waals surface area contributed by atoms with Crippen molar-refractivity contribution >= 4 is 170 Å². The van der Waals surface area contributed by atoms with Crippen LogP contribution >= 0.6 is 11.8 Å². The largest absolute Gasteiger partial charge is 0.458 e. The van der Waals surface area contributed by atoms with E-state index in [1.54, 1.807) is 0 Å². The first kappa shape index (κ1) is 56.5. The van der Waals surface area contributed by atoms with Gasteiger partial charge < -0.3 is 33.5 Å². The van der Waals surface area contributed by atoms with Gasteiger partial charge in [0.25, 0.3) is 13.4 Å². The minimum atomic E-state index is -0.212. The SMILES string of the molecule is c1ccc(N(c2ccccc2)c2cc3c4c(c2)Sc2cc5c(cc2B4c2ccccc2O3)B2c3ccccc3N(c3ccccc3-n3c4ccccc4c4ccccc43)c3cc(N(c4ccccc4)c4ccccc4-n4c6ccccc6c6ccccc64)cc(c32)N5c2ccccc2)cc1. The van der Waals surface area contributed by atoms with Gasteiger partial charge in [-0.1, -0.05) is 230 Å². The van der Waals surface area contributed by atoms with Crippen LogP contribution in [0.4, 0.5) is 68.2 Å². The number of anilines is 12. The molecular weight excluding hydrogens is 1230 g/mol. The molecule has 21 rings (SSSR count). The molecule has 0 saturated carbocycles. The molecule has 466 valence electrons. The van der Waals surface area contributed by atoms with Crippen LogP contribution in [0.25, 0.3) is 55.0 Å². The normalized spacial score (nSPS) is 13.0. The second kappa shape index (κ2) is 22.5. The number of ether oxygens (including phenoxy) is 1. The first-order valence-electron chi connectivity index (χ1n) is 34.3. The fraction of sp³-hybridized carbons (Fsp3) is 0. The van der Waals surface area contributed by atoms with Crippen molar-refractivity contribution in [1.82, 2.24) is 9.13 Å². The molecule has 0 saturated heterocycles. The minimum Gasteiger partial charge on any atom is -0.458 e. The van der Waals surface area contributed by atoms with Gasteiger partial charge in [0.15, 0.2) is 0 Å². The molecule has 0 aliphatic carbocycles. The summed E-state index contributed by atoms with van der Waals surface area (Å²) in [7, 11) is 0. The zero-order chi connectivity index (χ0) is 65.5. The Hall–Kier alpha value is -12.6. The van der Waals surface area contributed by atoms with Gasteiger partial charge in [-0.2, -0.15) is 0 Å². The lowest BCUT2D eigenvalue weighted by molar-refractivity contribution is 0.486.